The van der Waals surface area contributed by atoms with Crippen molar-refractivity contribution in [1.82, 2.24) is 9.78 Å². The fourth-order valence-electron chi connectivity index (χ4n) is 3.88. The Morgan fingerprint density at radius 2 is 1.78 bits per heavy atom. The van der Waals surface area contributed by atoms with Crippen molar-refractivity contribution < 1.29 is 9.59 Å². The molecule has 2 N–H and O–H groups in total. The molecule has 1 saturated carbocycles. The largest absolute Gasteiger partial charge is 0.326 e. The van der Waals surface area contributed by atoms with Crippen LogP contribution in [0.15, 0.2) is 48.5 Å². The van der Waals surface area contributed by atoms with Crippen LogP contribution in [0.5, 0.6) is 0 Å². The predicted molar refractivity (Wildman–Crippen MR) is 127 cm³/mol. The zero-order valence-corrected chi connectivity index (χ0v) is 19.5. The Balaban J connectivity index is 1.37. The highest BCUT2D eigenvalue weighted by molar-refractivity contribution is 6.34. The fraction of sp³-hybridized carbons (Fsp3) is 0.292. The van der Waals surface area contributed by atoms with Crippen molar-refractivity contribution in [1.29, 1.82) is 0 Å². The van der Waals surface area contributed by atoms with E-state index in [4.69, 9.17) is 23.2 Å². The average molecular weight is 471 g/mol. The van der Waals surface area contributed by atoms with E-state index in [2.05, 4.69) is 15.7 Å². The van der Waals surface area contributed by atoms with E-state index in [-0.39, 0.29) is 23.7 Å². The number of benzene rings is 2. The molecule has 4 rings (SSSR count). The smallest absolute Gasteiger partial charge is 0.248 e. The second-order valence-electron chi connectivity index (χ2n) is 8.22. The molecule has 2 amide bonds. The molecule has 1 aromatic heterocycles. The number of aromatic nitrogens is 2. The number of carbonyl (C=O) groups is 2. The highest BCUT2D eigenvalue weighted by Gasteiger charge is 2.43. The number of hydrogen-bond acceptors (Lipinski definition) is 3. The summed E-state index contributed by atoms with van der Waals surface area (Å²) in [5.41, 5.74) is 3.95. The molecule has 1 aliphatic carbocycles. The lowest BCUT2D eigenvalue weighted by Gasteiger charge is -2.16. The molecule has 1 fully saturated rings. The van der Waals surface area contributed by atoms with Gasteiger partial charge in [0.05, 0.1) is 16.4 Å². The molecule has 1 aliphatic rings. The quantitative estimate of drug-likeness (QED) is 0.481. The Bertz CT molecular complexity index is 1170. The number of rotatable bonds is 6. The van der Waals surface area contributed by atoms with Crippen LogP contribution in [-0.2, 0) is 9.59 Å². The maximum atomic E-state index is 12.7. The van der Waals surface area contributed by atoms with Crippen molar-refractivity contribution in [2.45, 2.75) is 39.2 Å². The van der Waals surface area contributed by atoms with Gasteiger partial charge in [0, 0.05) is 22.3 Å². The molecule has 32 heavy (non-hydrogen) atoms. The number of carbonyl (C=O) groups excluding carboxylic acids is 2. The first-order valence-electron chi connectivity index (χ1n) is 10.4. The summed E-state index contributed by atoms with van der Waals surface area (Å²) in [6, 6.07) is 14.1. The van der Waals surface area contributed by atoms with Crippen molar-refractivity contribution in [3.05, 3.63) is 75.5 Å². The van der Waals surface area contributed by atoms with Gasteiger partial charge in [0.2, 0.25) is 11.8 Å². The number of halogens is 2. The second-order valence-corrected chi connectivity index (χ2v) is 9.06. The molecule has 0 spiro atoms. The molecule has 1 heterocycles. The number of nitrogens with zero attached hydrogens (tertiary/aromatic N) is 2. The summed E-state index contributed by atoms with van der Waals surface area (Å²) in [6.45, 7) is 5.58. The van der Waals surface area contributed by atoms with Crippen LogP contribution in [0.4, 0.5) is 11.4 Å². The normalized spacial score (nSPS) is 18.2. The minimum atomic E-state index is -0.487. The van der Waals surface area contributed by atoms with Gasteiger partial charge in [-0.05, 0) is 75.1 Å². The molecule has 0 aliphatic heterocycles. The average Bonchev–Trinajstić information content (AvgIpc) is 3.48. The first-order valence-corrected chi connectivity index (χ1v) is 11.2. The first-order chi connectivity index (χ1) is 15.2. The minimum Gasteiger partial charge on any atom is -0.326 e. The number of amides is 2. The van der Waals surface area contributed by atoms with Gasteiger partial charge in [0.25, 0.3) is 0 Å². The second kappa shape index (κ2) is 8.96. The lowest BCUT2D eigenvalue weighted by Crippen LogP contribution is -2.25. The van der Waals surface area contributed by atoms with Gasteiger partial charge in [-0.3, -0.25) is 14.3 Å². The van der Waals surface area contributed by atoms with E-state index in [1.807, 2.05) is 44.2 Å². The molecule has 0 radical (unpaired) electrons. The summed E-state index contributed by atoms with van der Waals surface area (Å²) in [4.78, 5) is 25.3. The Kier molecular flexibility index (Phi) is 6.26. The van der Waals surface area contributed by atoms with Gasteiger partial charge >= 0.3 is 0 Å². The van der Waals surface area contributed by atoms with E-state index >= 15 is 0 Å². The lowest BCUT2D eigenvalue weighted by atomic mass is 10.1. The van der Waals surface area contributed by atoms with Crippen molar-refractivity contribution in [2.75, 3.05) is 10.6 Å². The molecule has 2 aromatic carbocycles. The van der Waals surface area contributed by atoms with Crippen molar-refractivity contribution in [3.63, 3.8) is 0 Å². The molecule has 3 aromatic rings. The van der Waals surface area contributed by atoms with E-state index in [0.29, 0.717) is 21.4 Å². The molecular weight excluding hydrogens is 447 g/mol. The Morgan fingerprint density at radius 1 is 1.06 bits per heavy atom. The molecule has 3 unspecified atom stereocenters. The summed E-state index contributed by atoms with van der Waals surface area (Å²) in [5, 5.41) is 11.2. The highest BCUT2D eigenvalue weighted by atomic mass is 35.5. The lowest BCUT2D eigenvalue weighted by molar-refractivity contribution is -0.119. The van der Waals surface area contributed by atoms with Crippen LogP contribution in [0.3, 0.4) is 0 Å². The molecule has 0 bridgehead atoms. The van der Waals surface area contributed by atoms with Crippen molar-refractivity contribution in [3.8, 4) is 0 Å². The summed E-state index contributed by atoms with van der Waals surface area (Å²) in [6.07, 6.45) is 0.805. The molecule has 166 valence electrons. The topological polar surface area (TPSA) is 76.0 Å². The summed E-state index contributed by atoms with van der Waals surface area (Å²) in [7, 11) is 0. The molecule has 6 nitrogen and oxygen atoms in total. The van der Waals surface area contributed by atoms with Crippen LogP contribution in [0, 0.1) is 19.8 Å². The van der Waals surface area contributed by atoms with Gasteiger partial charge < -0.3 is 10.6 Å². The molecular formula is C24H24Cl2N4O2. The predicted octanol–water partition coefficient (Wildman–Crippen LogP) is 5.75. The van der Waals surface area contributed by atoms with Crippen LogP contribution in [0.25, 0.3) is 0 Å². The fourth-order valence-corrected chi connectivity index (χ4v) is 4.23. The monoisotopic (exact) mass is 470 g/mol. The van der Waals surface area contributed by atoms with Crippen LogP contribution < -0.4 is 10.6 Å². The summed E-state index contributed by atoms with van der Waals surface area (Å²) >= 11 is 12.3. The standard InChI is InChI=1S/C24H24Cl2N4O2/c1-13-10-14(2)30(29-13)15(3)23(31)28-22-9-8-18(11-21(22)26)27-24(32)20-12-19(20)16-4-6-17(25)7-5-16/h4-11,15,19-20H,12H2,1-3H3,(H,27,32)(H,28,31). The first kappa shape index (κ1) is 22.4. The Hall–Kier alpha value is -2.83. The van der Waals surface area contributed by atoms with Gasteiger partial charge in [-0.2, -0.15) is 5.10 Å². The van der Waals surface area contributed by atoms with Crippen molar-refractivity contribution in [2.24, 2.45) is 5.92 Å². The molecule has 3 atom stereocenters. The Labute approximate surface area is 196 Å². The van der Waals surface area contributed by atoms with Crippen LogP contribution in [0.2, 0.25) is 10.0 Å². The van der Waals surface area contributed by atoms with Gasteiger partial charge in [0.15, 0.2) is 0 Å². The van der Waals surface area contributed by atoms with E-state index in [1.54, 1.807) is 29.8 Å². The summed E-state index contributed by atoms with van der Waals surface area (Å²) < 4.78 is 1.68. The SMILES string of the molecule is Cc1cc(C)n(C(C)C(=O)Nc2ccc(NC(=O)C3CC3c3ccc(Cl)cc3)cc2Cl)n1. The van der Waals surface area contributed by atoms with Gasteiger partial charge in [-0.15, -0.1) is 0 Å². The third-order valence-electron chi connectivity index (χ3n) is 5.71. The zero-order valence-electron chi connectivity index (χ0n) is 18.0. The van der Waals surface area contributed by atoms with Crippen molar-refractivity contribution >= 4 is 46.4 Å². The minimum absolute atomic E-state index is 0.0454. The highest BCUT2D eigenvalue weighted by Crippen LogP contribution is 2.48. The van der Waals surface area contributed by atoms with Crippen LogP contribution in [-0.4, -0.2) is 21.6 Å². The van der Waals surface area contributed by atoms with E-state index in [9.17, 15) is 9.59 Å². The molecule has 8 heteroatoms. The van der Waals surface area contributed by atoms with Gasteiger partial charge in [-0.1, -0.05) is 35.3 Å². The van der Waals surface area contributed by atoms with E-state index in [1.165, 1.54) is 0 Å². The summed E-state index contributed by atoms with van der Waals surface area (Å²) in [5.74, 6) is -0.136. The Morgan fingerprint density at radius 3 is 2.41 bits per heavy atom. The van der Waals surface area contributed by atoms with E-state index in [0.717, 1.165) is 23.4 Å². The van der Waals surface area contributed by atoms with Crippen LogP contribution in [0.1, 0.15) is 42.3 Å². The maximum absolute atomic E-state index is 12.7. The number of anilines is 2. The maximum Gasteiger partial charge on any atom is 0.248 e. The van der Waals surface area contributed by atoms with Gasteiger partial charge in [-0.25, -0.2) is 0 Å². The molecule has 0 saturated heterocycles. The zero-order chi connectivity index (χ0) is 23.0. The number of hydrogen-bond donors (Lipinski definition) is 2. The van der Waals surface area contributed by atoms with E-state index < -0.39 is 6.04 Å². The third kappa shape index (κ3) is 4.81. The number of aryl methyl sites for hydroxylation is 2. The number of nitrogens with one attached hydrogen (secondary N) is 2. The third-order valence-corrected chi connectivity index (χ3v) is 6.28. The van der Waals surface area contributed by atoms with Gasteiger partial charge in [0.1, 0.15) is 6.04 Å². The van der Waals surface area contributed by atoms with Crippen LogP contribution >= 0.6 is 23.2 Å².